The molecule has 0 radical (unpaired) electrons. The Labute approximate surface area is 162 Å². The molecule has 0 aliphatic carbocycles. The number of amides is 2. The Kier molecular flexibility index (Phi) is 5.58. The fourth-order valence-corrected chi connectivity index (χ4v) is 2.95. The molecule has 2 heterocycles. The Bertz CT molecular complexity index is 1020. The number of carbonyl (C=O) groups excluding carboxylic acids is 2. The number of nitrogens with zero attached hydrogens (tertiary/aromatic N) is 3. The summed E-state index contributed by atoms with van der Waals surface area (Å²) in [5.41, 5.74) is 4.09. The van der Waals surface area contributed by atoms with E-state index in [0.29, 0.717) is 18.0 Å². The molecule has 0 aliphatic rings. The van der Waals surface area contributed by atoms with Gasteiger partial charge in [0.25, 0.3) is 11.8 Å². The van der Waals surface area contributed by atoms with E-state index in [0.717, 1.165) is 27.9 Å². The lowest BCUT2D eigenvalue weighted by Crippen LogP contribution is -2.28. The zero-order valence-electron chi connectivity index (χ0n) is 16.4. The Hall–Kier alpha value is -3.42. The maximum absolute atomic E-state index is 12.1. The van der Waals surface area contributed by atoms with E-state index in [-0.39, 0.29) is 18.4 Å². The number of ether oxygens (including phenoxy) is 1. The Morgan fingerprint density at radius 1 is 1.18 bits per heavy atom. The molecule has 1 aromatic carbocycles. The van der Waals surface area contributed by atoms with Crippen LogP contribution in [0.15, 0.2) is 30.3 Å². The van der Waals surface area contributed by atoms with Gasteiger partial charge >= 0.3 is 0 Å². The SMILES string of the molecule is CNC(=O)c1ccc(CNC(=O)COc2nn(C)c3nc(C)cc(C)c23)cc1. The standard InChI is InChI=1S/C20H23N5O3/c1-12-9-13(2)23-18-17(12)20(24-25(18)4)28-11-16(26)22-10-14-5-7-15(8-6-14)19(27)21-3/h5-9H,10-11H2,1-4H3,(H,21,27)(H,22,26). The maximum Gasteiger partial charge on any atom is 0.258 e. The van der Waals surface area contributed by atoms with Gasteiger partial charge < -0.3 is 15.4 Å². The van der Waals surface area contributed by atoms with Crippen LogP contribution in [0.2, 0.25) is 0 Å². The largest absolute Gasteiger partial charge is 0.466 e. The minimum atomic E-state index is -0.257. The van der Waals surface area contributed by atoms with E-state index in [1.54, 1.807) is 43.0 Å². The molecule has 28 heavy (non-hydrogen) atoms. The number of rotatable bonds is 6. The minimum absolute atomic E-state index is 0.143. The van der Waals surface area contributed by atoms with Gasteiger partial charge in [-0.2, -0.15) is 0 Å². The third-order valence-corrected chi connectivity index (χ3v) is 4.36. The van der Waals surface area contributed by atoms with E-state index in [1.807, 2.05) is 19.9 Å². The molecule has 0 fully saturated rings. The maximum atomic E-state index is 12.1. The van der Waals surface area contributed by atoms with Crippen molar-refractivity contribution in [2.24, 2.45) is 7.05 Å². The zero-order valence-corrected chi connectivity index (χ0v) is 16.4. The van der Waals surface area contributed by atoms with Crippen molar-refractivity contribution < 1.29 is 14.3 Å². The van der Waals surface area contributed by atoms with Gasteiger partial charge in [0.1, 0.15) is 0 Å². The van der Waals surface area contributed by atoms with Gasteiger partial charge in [0.05, 0.1) is 5.39 Å². The molecule has 0 saturated heterocycles. The van der Waals surface area contributed by atoms with Crippen molar-refractivity contribution in [2.45, 2.75) is 20.4 Å². The number of aromatic nitrogens is 3. The Balaban J connectivity index is 1.59. The molecule has 2 N–H and O–H groups in total. The monoisotopic (exact) mass is 381 g/mol. The fraction of sp³-hybridized carbons (Fsp3) is 0.300. The summed E-state index contributed by atoms with van der Waals surface area (Å²) < 4.78 is 7.29. The van der Waals surface area contributed by atoms with Gasteiger partial charge in [-0.05, 0) is 43.2 Å². The van der Waals surface area contributed by atoms with Crippen LogP contribution in [-0.4, -0.2) is 40.2 Å². The normalized spacial score (nSPS) is 10.7. The van der Waals surface area contributed by atoms with Gasteiger partial charge in [0.15, 0.2) is 12.3 Å². The lowest BCUT2D eigenvalue weighted by molar-refractivity contribution is -0.123. The molecule has 3 aromatic rings. The molecule has 0 atom stereocenters. The molecule has 0 bridgehead atoms. The second-order valence-corrected chi connectivity index (χ2v) is 6.55. The molecule has 2 aromatic heterocycles. The second kappa shape index (κ2) is 8.08. The predicted molar refractivity (Wildman–Crippen MR) is 105 cm³/mol. The first kappa shape index (κ1) is 19.3. The molecule has 3 rings (SSSR count). The number of pyridine rings is 1. The van der Waals surface area contributed by atoms with E-state index in [4.69, 9.17) is 4.74 Å². The highest BCUT2D eigenvalue weighted by Gasteiger charge is 2.15. The van der Waals surface area contributed by atoms with E-state index in [9.17, 15) is 9.59 Å². The summed E-state index contributed by atoms with van der Waals surface area (Å²) in [6, 6.07) is 8.99. The number of hydrogen-bond acceptors (Lipinski definition) is 5. The lowest BCUT2D eigenvalue weighted by Gasteiger charge is -2.07. The average molecular weight is 381 g/mol. The number of fused-ring (bicyclic) bond motifs is 1. The van der Waals surface area contributed by atoms with Crippen LogP contribution in [0.3, 0.4) is 0 Å². The summed E-state index contributed by atoms with van der Waals surface area (Å²) in [6.45, 7) is 4.09. The van der Waals surface area contributed by atoms with Gasteiger partial charge in [-0.15, -0.1) is 5.10 Å². The highest BCUT2D eigenvalue weighted by molar-refractivity contribution is 5.94. The molecule has 8 nitrogen and oxygen atoms in total. The summed E-state index contributed by atoms with van der Waals surface area (Å²) in [7, 11) is 3.38. The predicted octanol–water partition coefficient (Wildman–Crippen LogP) is 1.64. The second-order valence-electron chi connectivity index (χ2n) is 6.55. The quantitative estimate of drug-likeness (QED) is 0.676. The van der Waals surface area contributed by atoms with Crippen molar-refractivity contribution in [3.63, 3.8) is 0 Å². The summed E-state index contributed by atoms with van der Waals surface area (Å²) in [6.07, 6.45) is 0. The van der Waals surface area contributed by atoms with Crippen LogP contribution in [0.1, 0.15) is 27.2 Å². The van der Waals surface area contributed by atoms with Gasteiger partial charge in [0, 0.05) is 31.9 Å². The third kappa shape index (κ3) is 4.11. The van der Waals surface area contributed by atoms with E-state index >= 15 is 0 Å². The third-order valence-electron chi connectivity index (χ3n) is 4.36. The molecular formula is C20H23N5O3. The van der Waals surface area contributed by atoms with Gasteiger partial charge in [-0.25, -0.2) is 9.67 Å². The van der Waals surface area contributed by atoms with Crippen LogP contribution in [-0.2, 0) is 18.4 Å². The fourth-order valence-electron chi connectivity index (χ4n) is 2.95. The number of carbonyl (C=O) groups is 2. The number of hydrogen-bond donors (Lipinski definition) is 2. The van der Waals surface area contributed by atoms with Gasteiger partial charge in [-0.1, -0.05) is 12.1 Å². The molecule has 0 unspecified atom stereocenters. The van der Waals surface area contributed by atoms with Gasteiger partial charge in [0.2, 0.25) is 5.88 Å². The molecule has 0 saturated carbocycles. The first-order chi connectivity index (χ1) is 13.4. The summed E-state index contributed by atoms with van der Waals surface area (Å²) in [4.78, 5) is 28.2. The van der Waals surface area contributed by atoms with Crippen molar-refractivity contribution in [1.82, 2.24) is 25.4 Å². The lowest BCUT2D eigenvalue weighted by atomic mass is 10.1. The number of benzene rings is 1. The van der Waals surface area contributed by atoms with Crippen LogP contribution in [0, 0.1) is 13.8 Å². The van der Waals surface area contributed by atoms with Crippen LogP contribution in [0.25, 0.3) is 11.0 Å². The average Bonchev–Trinajstić information content (AvgIpc) is 3.00. The van der Waals surface area contributed by atoms with Crippen molar-refractivity contribution in [1.29, 1.82) is 0 Å². The Morgan fingerprint density at radius 3 is 2.57 bits per heavy atom. The van der Waals surface area contributed by atoms with Crippen molar-refractivity contribution in [2.75, 3.05) is 13.7 Å². The molecular weight excluding hydrogens is 358 g/mol. The number of nitrogens with one attached hydrogen (secondary N) is 2. The van der Waals surface area contributed by atoms with Crippen LogP contribution >= 0.6 is 0 Å². The summed E-state index contributed by atoms with van der Waals surface area (Å²) >= 11 is 0. The topological polar surface area (TPSA) is 98.1 Å². The summed E-state index contributed by atoms with van der Waals surface area (Å²) in [5.74, 6) is -0.00830. The van der Waals surface area contributed by atoms with Crippen LogP contribution < -0.4 is 15.4 Å². The van der Waals surface area contributed by atoms with Crippen LogP contribution in [0.5, 0.6) is 5.88 Å². The first-order valence-electron chi connectivity index (χ1n) is 8.90. The molecule has 146 valence electrons. The molecule has 0 spiro atoms. The molecule has 0 aliphatic heterocycles. The van der Waals surface area contributed by atoms with Crippen molar-refractivity contribution >= 4 is 22.8 Å². The van der Waals surface area contributed by atoms with Gasteiger partial charge in [-0.3, -0.25) is 9.59 Å². The van der Waals surface area contributed by atoms with E-state index in [2.05, 4.69) is 20.7 Å². The first-order valence-corrected chi connectivity index (χ1v) is 8.90. The van der Waals surface area contributed by atoms with Crippen molar-refractivity contribution in [3.8, 4) is 5.88 Å². The summed E-state index contributed by atoms with van der Waals surface area (Å²) in [5, 5.41) is 10.5. The van der Waals surface area contributed by atoms with Crippen LogP contribution in [0.4, 0.5) is 0 Å². The minimum Gasteiger partial charge on any atom is -0.466 e. The Morgan fingerprint density at radius 2 is 1.89 bits per heavy atom. The number of aryl methyl sites for hydroxylation is 3. The molecule has 8 heteroatoms. The molecule has 2 amide bonds. The highest BCUT2D eigenvalue weighted by atomic mass is 16.5. The zero-order chi connectivity index (χ0) is 20.3. The highest BCUT2D eigenvalue weighted by Crippen LogP contribution is 2.26. The van der Waals surface area contributed by atoms with E-state index < -0.39 is 0 Å². The van der Waals surface area contributed by atoms with Crippen molar-refractivity contribution in [3.05, 3.63) is 52.7 Å². The van der Waals surface area contributed by atoms with E-state index in [1.165, 1.54) is 0 Å². The smallest absolute Gasteiger partial charge is 0.258 e.